The molecule has 0 bridgehead atoms. The molecule has 1 saturated carbocycles. The molecule has 1 unspecified atom stereocenters. The molecule has 180 valence electrons. The van der Waals surface area contributed by atoms with Gasteiger partial charge in [-0.1, -0.05) is 6.07 Å². The Bertz CT molecular complexity index is 1190. The number of nitrogens with one attached hydrogen (secondary N) is 2. The van der Waals surface area contributed by atoms with E-state index < -0.39 is 0 Å². The number of aliphatic hydroxyl groups excluding tert-OH is 1. The third kappa shape index (κ3) is 4.50. The van der Waals surface area contributed by atoms with Crippen LogP contribution in [0.15, 0.2) is 36.5 Å². The fourth-order valence-electron chi connectivity index (χ4n) is 5.15. The predicted molar refractivity (Wildman–Crippen MR) is 135 cm³/mol. The van der Waals surface area contributed by atoms with Crippen molar-refractivity contribution in [1.29, 1.82) is 0 Å². The van der Waals surface area contributed by atoms with Crippen LogP contribution in [0.1, 0.15) is 60.1 Å². The molecule has 2 aromatic heterocycles. The minimum absolute atomic E-state index is 0. The first-order valence-electron chi connectivity index (χ1n) is 12.1. The number of carbonyl (C=O) groups excluding carboxylic acids is 1. The SMILES string of the molecule is Cl.O=C(Nc1cc2cnn(C3CCNCC3)c2cc1C1CC1)c1cccc(N2CCC(O)C2)n1. The maximum Gasteiger partial charge on any atom is 0.274 e. The number of nitrogens with zero attached hydrogens (tertiary/aromatic N) is 4. The summed E-state index contributed by atoms with van der Waals surface area (Å²) in [6.07, 6.45) is 6.80. The summed E-state index contributed by atoms with van der Waals surface area (Å²) in [5.41, 5.74) is 3.62. The van der Waals surface area contributed by atoms with E-state index in [2.05, 4.69) is 32.4 Å². The number of halogens is 1. The number of amides is 1. The highest BCUT2D eigenvalue weighted by Gasteiger charge is 2.29. The molecule has 3 N–H and O–H groups in total. The number of rotatable bonds is 5. The molecule has 34 heavy (non-hydrogen) atoms. The van der Waals surface area contributed by atoms with Gasteiger partial charge in [-0.05, 0) is 80.9 Å². The van der Waals surface area contributed by atoms with Crippen molar-refractivity contribution >= 4 is 40.7 Å². The summed E-state index contributed by atoms with van der Waals surface area (Å²) in [5.74, 6) is 1.02. The number of benzene rings is 1. The zero-order valence-electron chi connectivity index (χ0n) is 19.1. The van der Waals surface area contributed by atoms with Gasteiger partial charge in [0.15, 0.2) is 0 Å². The lowest BCUT2D eigenvalue weighted by Gasteiger charge is -2.24. The van der Waals surface area contributed by atoms with Crippen LogP contribution < -0.4 is 15.5 Å². The number of carbonyl (C=O) groups is 1. The van der Waals surface area contributed by atoms with Crippen molar-refractivity contribution in [3.63, 3.8) is 0 Å². The number of hydrogen-bond donors (Lipinski definition) is 3. The van der Waals surface area contributed by atoms with Crippen molar-refractivity contribution in [2.24, 2.45) is 0 Å². The normalized spacial score (nSPS) is 21.0. The number of aliphatic hydroxyl groups is 1. The standard InChI is InChI=1S/C25H30N6O2.ClH/c32-19-8-11-30(15-19)24-3-1-2-21(28-24)25(33)29-22-12-17-14-27-31(18-6-9-26-10-7-18)23(17)13-20(22)16-4-5-16;/h1-3,12-14,16,18-19,26,32H,4-11,15H2,(H,29,33);1H. The smallest absolute Gasteiger partial charge is 0.274 e. The summed E-state index contributed by atoms with van der Waals surface area (Å²) in [6.45, 7) is 3.36. The van der Waals surface area contributed by atoms with Gasteiger partial charge in [0, 0.05) is 24.2 Å². The van der Waals surface area contributed by atoms with Crippen molar-refractivity contribution in [3.8, 4) is 0 Å². The maximum absolute atomic E-state index is 13.2. The van der Waals surface area contributed by atoms with E-state index in [0.717, 1.165) is 74.1 Å². The Labute approximate surface area is 205 Å². The van der Waals surface area contributed by atoms with Crippen LogP contribution in [-0.2, 0) is 0 Å². The largest absolute Gasteiger partial charge is 0.391 e. The Balaban J connectivity index is 0.00000241. The average Bonchev–Trinajstić information content (AvgIpc) is 3.47. The van der Waals surface area contributed by atoms with E-state index in [-0.39, 0.29) is 24.4 Å². The highest BCUT2D eigenvalue weighted by Crippen LogP contribution is 2.45. The topological polar surface area (TPSA) is 95.3 Å². The third-order valence-electron chi connectivity index (χ3n) is 7.14. The Hall–Kier alpha value is -2.68. The fraction of sp³-hybridized carbons (Fsp3) is 0.480. The van der Waals surface area contributed by atoms with E-state index in [4.69, 9.17) is 5.10 Å². The Morgan fingerprint density at radius 2 is 1.94 bits per heavy atom. The summed E-state index contributed by atoms with van der Waals surface area (Å²) in [7, 11) is 0. The van der Waals surface area contributed by atoms with Crippen molar-refractivity contribution in [3.05, 3.63) is 47.8 Å². The Morgan fingerprint density at radius 3 is 2.68 bits per heavy atom. The summed E-state index contributed by atoms with van der Waals surface area (Å²) in [6, 6.07) is 10.2. The van der Waals surface area contributed by atoms with Crippen LogP contribution in [0.25, 0.3) is 10.9 Å². The summed E-state index contributed by atoms with van der Waals surface area (Å²) < 4.78 is 2.18. The maximum atomic E-state index is 13.2. The number of pyridine rings is 1. The Morgan fingerprint density at radius 1 is 1.12 bits per heavy atom. The zero-order chi connectivity index (χ0) is 22.4. The van der Waals surface area contributed by atoms with E-state index in [1.165, 1.54) is 5.56 Å². The molecule has 9 heteroatoms. The van der Waals surface area contributed by atoms with Gasteiger partial charge in [-0.2, -0.15) is 5.10 Å². The van der Waals surface area contributed by atoms with E-state index in [1.54, 1.807) is 6.07 Å². The van der Waals surface area contributed by atoms with Crippen LogP contribution in [0.4, 0.5) is 11.5 Å². The van der Waals surface area contributed by atoms with Crippen molar-refractivity contribution in [2.45, 2.75) is 50.2 Å². The summed E-state index contributed by atoms with van der Waals surface area (Å²) in [5, 5.41) is 22.2. The molecule has 8 nitrogen and oxygen atoms in total. The molecule has 1 aromatic carbocycles. The number of anilines is 2. The molecule has 0 spiro atoms. The van der Waals surface area contributed by atoms with Gasteiger partial charge in [-0.15, -0.1) is 12.4 Å². The second-order valence-electron chi connectivity index (χ2n) is 9.57. The minimum Gasteiger partial charge on any atom is -0.391 e. The molecule has 2 aliphatic heterocycles. The van der Waals surface area contributed by atoms with Gasteiger partial charge in [-0.3, -0.25) is 9.48 Å². The quantitative estimate of drug-likeness (QED) is 0.515. The molecule has 4 heterocycles. The van der Waals surface area contributed by atoms with Gasteiger partial charge in [0.2, 0.25) is 0 Å². The molecule has 1 aliphatic carbocycles. The highest BCUT2D eigenvalue weighted by atomic mass is 35.5. The second-order valence-corrected chi connectivity index (χ2v) is 9.57. The number of aromatic nitrogens is 3. The molecule has 1 atom stereocenters. The molecule has 6 rings (SSSR count). The lowest BCUT2D eigenvalue weighted by molar-refractivity contribution is 0.102. The molecular formula is C25H31ClN6O2. The van der Waals surface area contributed by atoms with E-state index in [0.29, 0.717) is 24.2 Å². The number of piperidine rings is 1. The van der Waals surface area contributed by atoms with Crippen molar-refractivity contribution < 1.29 is 9.90 Å². The van der Waals surface area contributed by atoms with E-state index >= 15 is 0 Å². The van der Waals surface area contributed by atoms with Crippen LogP contribution in [0.3, 0.4) is 0 Å². The van der Waals surface area contributed by atoms with E-state index in [9.17, 15) is 9.90 Å². The average molecular weight is 483 g/mol. The van der Waals surface area contributed by atoms with Gasteiger partial charge in [-0.25, -0.2) is 4.98 Å². The predicted octanol–water partition coefficient (Wildman–Crippen LogP) is 3.48. The van der Waals surface area contributed by atoms with Gasteiger partial charge in [0.25, 0.3) is 5.91 Å². The minimum atomic E-state index is -0.331. The molecule has 1 amide bonds. The fourth-order valence-corrected chi connectivity index (χ4v) is 5.15. The van der Waals surface area contributed by atoms with Crippen molar-refractivity contribution in [2.75, 3.05) is 36.4 Å². The van der Waals surface area contributed by atoms with Crippen LogP contribution >= 0.6 is 12.4 Å². The zero-order valence-corrected chi connectivity index (χ0v) is 19.9. The van der Waals surface area contributed by atoms with Gasteiger partial charge < -0.3 is 20.6 Å². The van der Waals surface area contributed by atoms with Crippen LogP contribution in [0, 0.1) is 0 Å². The first kappa shape index (κ1) is 23.1. The lowest BCUT2D eigenvalue weighted by Crippen LogP contribution is -2.29. The molecule has 3 aromatic rings. The van der Waals surface area contributed by atoms with Crippen LogP contribution in [0.2, 0.25) is 0 Å². The monoisotopic (exact) mass is 482 g/mol. The Kier molecular flexibility index (Phi) is 6.46. The molecule has 3 fully saturated rings. The molecule has 2 saturated heterocycles. The number of hydrogen-bond acceptors (Lipinski definition) is 6. The first-order chi connectivity index (χ1) is 16.2. The van der Waals surface area contributed by atoms with Gasteiger partial charge in [0.1, 0.15) is 11.5 Å². The number of β-amino-alcohol motifs (C(OH)–C–C–N with tert-alkyl or cyclic N) is 1. The molecular weight excluding hydrogens is 452 g/mol. The van der Waals surface area contributed by atoms with Crippen molar-refractivity contribution in [1.82, 2.24) is 20.1 Å². The second kappa shape index (κ2) is 9.52. The van der Waals surface area contributed by atoms with Crippen LogP contribution in [0.5, 0.6) is 0 Å². The van der Waals surface area contributed by atoms with Gasteiger partial charge >= 0.3 is 0 Å². The van der Waals surface area contributed by atoms with Gasteiger partial charge in [0.05, 0.1) is 23.9 Å². The molecule has 0 radical (unpaired) electrons. The van der Waals surface area contributed by atoms with E-state index in [1.807, 2.05) is 23.2 Å². The molecule has 3 aliphatic rings. The lowest BCUT2D eigenvalue weighted by atomic mass is 10.0. The number of fused-ring (bicyclic) bond motifs is 1. The first-order valence-corrected chi connectivity index (χ1v) is 12.1. The third-order valence-corrected chi connectivity index (χ3v) is 7.14. The highest BCUT2D eigenvalue weighted by molar-refractivity contribution is 6.04. The summed E-state index contributed by atoms with van der Waals surface area (Å²) in [4.78, 5) is 19.8. The summed E-state index contributed by atoms with van der Waals surface area (Å²) >= 11 is 0. The van der Waals surface area contributed by atoms with Crippen LogP contribution in [-0.4, -0.2) is 58.1 Å².